The highest BCUT2D eigenvalue weighted by Gasteiger charge is 2.23. The monoisotopic (exact) mass is 300 g/mol. The number of halogens is 1. The highest BCUT2D eigenvalue weighted by atomic mass is 79.9. The molecule has 17 heavy (non-hydrogen) atoms. The Morgan fingerprint density at radius 3 is 2.88 bits per heavy atom. The summed E-state index contributed by atoms with van der Waals surface area (Å²) in [5.41, 5.74) is 0. The SMILES string of the molecule is CNc1ncnc(NC(C)C2CCOC2)c1Br. The molecule has 1 aromatic rings. The van der Waals surface area contributed by atoms with Gasteiger partial charge in [0.2, 0.25) is 0 Å². The van der Waals surface area contributed by atoms with E-state index in [4.69, 9.17) is 4.74 Å². The molecule has 0 radical (unpaired) electrons. The van der Waals surface area contributed by atoms with Crippen molar-refractivity contribution in [3.63, 3.8) is 0 Å². The number of ether oxygens (including phenoxy) is 1. The maximum absolute atomic E-state index is 5.39. The first kappa shape index (κ1) is 12.6. The van der Waals surface area contributed by atoms with Crippen LogP contribution in [0.2, 0.25) is 0 Å². The molecule has 0 bridgehead atoms. The van der Waals surface area contributed by atoms with Gasteiger partial charge in [-0.2, -0.15) is 0 Å². The van der Waals surface area contributed by atoms with Crippen LogP contribution in [0, 0.1) is 5.92 Å². The Balaban J connectivity index is 2.07. The fourth-order valence-corrected chi connectivity index (χ4v) is 2.44. The first-order valence-electron chi connectivity index (χ1n) is 5.75. The zero-order chi connectivity index (χ0) is 12.3. The van der Waals surface area contributed by atoms with Gasteiger partial charge in [0.15, 0.2) is 0 Å². The van der Waals surface area contributed by atoms with Crippen LogP contribution in [0.25, 0.3) is 0 Å². The van der Waals surface area contributed by atoms with Crippen molar-refractivity contribution in [1.82, 2.24) is 9.97 Å². The molecule has 1 saturated heterocycles. The predicted octanol–water partition coefficient (Wildman–Crippen LogP) is 2.12. The quantitative estimate of drug-likeness (QED) is 0.892. The van der Waals surface area contributed by atoms with Gasteiger partial charge in [-0.15, -0.1) is 0 Å². The lowest BCUT2D eigenvalue weighted by Gasteiger charge is -2.20. The van der Waals surface area contributed by atoms with Gasteiger partial charge < -0.3 is 15.4 Å². The van der Waals surface area contributed by atoms with Crippen molar-refractivity contribution in [3.8, 4) is 0 Å². The normalized spacial score (nSPS) is 21.2. The predicted molar refractivity (Wildman–Crippen MR) is 71.3 cm³/mol. The number of rotatable bonds is 4. The zero-order valence-corrected chi connectivity index (χ0v) is 11.6. The summed E-state index contributed by atoms with van der Waals surface area (Å²) in [6, 6.07) is 0.341. The standard InChI is InChI=1S/C11H17BrN4O/c1-7(8-3-4-17-5-8)16-11-9(12)10(13-2)14-6-15-11/h6-8H,3-5H2,1-2H3,(H2,13,14,15,16). The summed E-state index contributed by atoms with van der Waals surface area (Å²) < 4.78 is 6.26. The molecule has 2 N–H and O–H groups in total. The maximum Gasteiger partial charge on any atom is 0.146 e. The van der Waals surface area contributed by atoms with Gasteiger partial charge in [0.25, 0.3) is 0 Å². The second kappa shape index (κ2) is 5.64. The second-order valence-corrected chi connectivity index (χ2v) is 4.98. The van der Waals surface area contributed by atoms with Gasteiger partial charge in [0, 0.05) is 25.6 Å². The van der Waals surface area contributed by atoms with Crippen molar-refractivity contribution in [2.75, 3.05) is 30.9 Å². The number of aromatic nitrogens is 2. The third kappa shape index (κ3) is 2.87. The van der Waals surface area contributed by atoms with Crippen molar-refractivity contribution < 1.29 is 4.74 Å². The van der Waals surface area contributed by atoms with E-state index in [2.05, 4.69) is 43.5 Å². The highest BCUT2D eigenvalue weighted by molar-refractivity contribution is 9.10. The Bertz CT molecular complexity index is 382. The molecule has 1 aromatic heterocycles. The topological polar surface area (TPSA) is 59.1 Å². The van der Waals surface area contributed by atoms with E-state index in [0.717, 1.165) is 35.7 Å². The molecule has 1 aliphatic rings. The van der Waals surface area contributed by atoms with Crippen molar-refractivity contribution in [3.05, 3.63) is 10.8 Å². The molecule has 0 aromatic carbocycles. The number of nitrogens with one attached hydrogen (secondary N) is 2. The molecule has 6 heteroatoms. The van der Waals surface area contributed by atoms with Crippen LogP contribution in [0.4, 0.5) is 11.6 Å². The molecule has 0 saturated carbocycles. The third-order valence-corrected chi connectivity index (χ3v) is 3.81. The fraction of sp³-hybridized carbons (Fsp3) is 0.636. The number of nitrogens with zero attached hydrogens (tertiary/aromatic N) is 2. The Kier molecular flexibility index (Phi) is 4.17. The van der Waals surface area contributed by atoms with Gasteiger partial charge in [0.05, 0.1) is 6.61 Å². The molecule has 5 nitrogen and oxygen atoms in total. The largest absolute Gasteiger partial charge is 0.381 e. The fourth-order valence-electron chi connectivity index (χ4n) is 1.93. The lowest BCUT2D eigenvalue weighted by atomic mass is 10.0. The zero-order valence-electron chi connectivity index (χ0n) is 10.0. The number of hydrogen-bond donors (Lipinski definition) is 2. The molecule has 2 unspecified atom stereocenters. The Morgan fingerprint density at radius 2 is 2.24 bits per heavy atom. The summed E-state index contributed by atoms with van der Waals surface area (Å²) >= 11 is 3.50. The first-order chi connectivity index (χ1) is 8.22. The summed E-state index contributed by atoms with van der Waals surface area (Å²) in [6.07, 6.45) is 2.66. The average Bonchev–Trinajstić information content (AvgIpc) is 2.85. The van der Waals surface area contributed by atoms with Crippen molar-refractivity contribution >= 4 is 27.6 Å². The van der Waals surface area contributed by atoms with E-state index >= 15 is 0 Å². The molecule has 1 aliphatic heterocycles. The lowest BCUT2D eigenvalue weighted by molar-refractivity contribution is 0.183. The van der Waals surface area contributed by atoms with Crippen LogP contribution in [0.3, 0.4) is 0 Å². The van der Waals surface area contributed by atoms with Crippen LogP contribution in [-0.4, -0.2) is 36.3 Å². The molecule has 94 valence electrons. The van der Waals surface area contributed by atoms with Crippen molar-refractivity contribution in [2.45, 2.75) is 19.4 Å². The smallest absolute Gasteiger partial charge is 0.146 e. The number of hydrogen-bond acceptors (Lipinski definition) is 5. The summed E-state index contributed by atoms with van der Waals surface area (Å²) in [5, 5.41) is 6.42. The van der Waals surface area contributed by atoms with Gasteiger partial charge in [-0.05, 0) is 29.3 Å². The van der Waals surface area contributed by atoms with E-state index in [1.165, 1.54) is 0 Å². The molecule has 2 rings (SSSR count). The average molecular weight is 301 g/mol. The van der Waals surface area contributed by atoms with E-state index in [0.29, 0.717) is 12.0 Å². The van der Waals surface area contributed by atoms with Crippen LogP contribution >= 0.6 is 15.9 Å². The second-order valence-electron chi connectivity index (χ2n) is 4.19. The molecule has 0 spiro atoms. The summed E-state index contributed by atoms with van der Waals surface area (Å²) in [6.45, 7) is 3.85. The number of anilines is 2. The molecule has 0 aliphatic carbocycles. The van der Waals surface area contributed by atoms with E-state index in [1.807, 2.05) is 7.05 Å². The van der Waals surface area contributed by atoms with Crippen LogP contribution in [0.5, 0.6) is 0 Å². The van der Waals surface area contributed by atoms with Gasteiger partial charge in [0.1, 0.15) is 22.4 Å². The molecule has 0 amide bonds. The highest BCUT2D eigenvalue weighted by Crippen LogP contribution is 2.28. The minimum atomic E-state index is 0.341. The van der Waals surface area contributed by atoms with Gasteiger partial charge >= 0.3 is 0 Å². The molecule has 2 heterocycles. The van der Waals surface area contributed by atoms with E-state index in [-0.39, 0.29) is 0 Å². The maximum atomic E-state index is 5.39. The minimum absolute atomic E-state index is 0.341. The van der Waals surface area contributed by atoms with Crippen LogP contribution in [-0.2, 0) is 4.74 Å². The van der Waals surface area contributed by atoms with Crippen molar-refractivity contribution in [2.24, 2.45) is 5.92 Å². The van der Waals surface area contributed by atoms with E-state index in [9.17, 15) is 0 Å². The Hall–Kier alpha value is -0.880. The van der Waals surface area contributed by atoms with Gasteiger partial charge in [-0.1, -0.05) is 0 Å². The summed E-state index contributed by atoms with van der Waals surface area (Å²) in [7, 11) is 1.84. The Morgan fingerprint density at radius 1 is 1.47 bits per heavy atom. The third-order valence-electron chi connectivity index (χ3n) is 3.06. The molecule has 1 fully saturated rings. The lowest BCUT2D eigenvalue weighted by Crippen LogP contribution is -2.26. The van der Waals surface area contributed by atoms with Gasteiger partial charge in [-0.3, -0.25) is 0 Å². The van der Waals surface area contributed by atoms with E-state index in [1.54, 1.807) is 6.33 Å². The van der Waals surface area contributed by atoms with Crippen LogP contribution in [0.1, 0.15) is 13.3 Å². The van der Waals surface area contributed by atoms with Gasteiger partial charge in [-0.25, -0.2) is 9.97 Å². The summed E-state index contributed by atoms with van der Waals surface area (Å²) in [4.78, 5) is 8.38. The molecular weight excluding hydrogens is 284 g/mol. The summed E-state index contributed by atoms with van der Waals surface area (Å²) in [5.74, 6) is 2.16. The Labute approximate surface area is 110 Å². The molecular formula is C11H17BrN4O. The first-order valence-corrected chi connectivity index (χ1v) is 6.54. The van der Waals surface area contributed by atoms with Crippen LogP contribution < -0.4 is 10.6 Å². The van der Waals surface area contributed by atoms with Crippen LogP contribution in [0.15, 0.2) is 10.8 Å². The van der Waals surface area contributed by atoms with Crippen molar-refractivity contribution in [1.29, 1.82) is 0 Å². The minimum Gasteiger partial charge on any atom is -0.381 e. The molecule has 2 atom stereocenters. The van der Waals surface area contributed by atoms with E-state index < -0.39 is 0 Å².